The second-order valence-electron chi connectivity index (χ2n) is 6.42. The summed E-state index contributed by atoms with van der Waals surface area (Å²) in [4.78, 5) is 16.2. The van der Waals surface area contributed by atoms with Gasteiger partial charge in [0.1, 0.15) is 0 Å². The fourth-order valence-electron chi connectivity index (χ4n) is 3.24. The van der Waals surface area contributed by atoms with E-state index in [0.29, 0.717) is 12.5 Å². The molecule has 7 heteroatoms. The largest absolute Gasteiger partial charge is 0.362 e. The average molecular weight is 328 g/mol. The number of fused-ring (bicyclic) bond motifs is 1. The Morgan fingerprint density at radius 2 is 2.00 bits per heavy atom. The lowest BCUT2D eigenvalue weighted by atomic mass is 10.1. The van der Waals surface area contributed by atoms with Crippen molar-refractivity contribution in [1.29, 1.82) is 0 Å². The van der Waals surface area contributed by atoms with Gasteiger partial charge in [0.15, 0.2) is 5.82 Å². The molecule has 24 heavy (non-hydrogen) atoms. The van der Waals surface area contributed by atoms with Crippen LogP contribution in [0.5, 0.6) is 0 Å². The Morgan fingerprint density at radius 1 is 1.25 bits per heavy atom. The maximum Gasteiger partial charge on any atom is 0.223 e. The smallest absolute Gasteiger partial charge is 0.223 e. The van der Waals surface area contributed by atoms with E-state index in [9.17, 15) is 4.79 Å². The number of carbonyl (C=O) groups is 1. The highest BCUT2D eigenvalue weighted by Crippen LogP contribution is 2.34. The number of aromatic nitrogens is 4. The van der Waals surface area contributed by atoms with E-state index >= 15 is 0 Å². The molecule has 0 N–H and O–H groups in total. The molecule has 0 unspecified atom stereocenters. The Balaban J connectivity index is 1.95. The number of para-hydroxylation sites is 2. The second kappa shape index (κ2) is 6.98. The first kappa shape index (κ1) is 16.4. The number of rotatable bonds is 4. The van der Waals surface area contributed by atoms with Crippen molar-refractivity contribution >= 4 is 17.3 Å². The zero-order chi connectivity index (χ0) is 17.1. The Bertz CT molecular complexity index is 713. The molecule has 1 aliphatic heterocycles. The predicted molar refractivity (Wildman–Crippen MR) is 92.8 cm³/mol. The van der Waals surface area contributed by atoms with Gasteiger partial charge in [0.05, 0.1) is 17.9 Å². The summed E-state index contributed by atoms with van der Waals surface area (Å²) >= 11 is 0. The number of tetrazole rings is 1. The van der Waals surface area contributed by atoms with Gasteiger partial charge < -0.3 is 9.80 Å². The monoisotopic (exact) mass is 328 g/mol. The molecule has 3 rings (SSSR count). The normalized spacial score (nSPS) is 17.5. The minimum absolute atomic E-state index is 0.0759. The van der Waals surface area contributed by atoms with E-state index in [4.69, 9.17) is 0 Å². The van der Waals surface area contributed by atoms with Crippen molar-refractivity contribution in [3.63, 3.8) is 0 Å². The summed E-state index contributed by atoms with van der Waals surface area (Å²) in [7, 11) is 0. The van der Waals surface area contributed by atoms with Gasteiger partial charge >= 0.3 is 0 Å². The molecule has 0 bridgehead atoms. The first-order valence-electron chi connectivity index (χ1n) is 8.47. The van der Waals surface area contributed by atoms with Gasteiger partial charge in [0.2, 0.25) is 5.91 Å². The molecule has 0 spiro atoms. The number of hydrogen-bond donors (Lipinski definition) is 0. The molecule has 128 valence electrons. The van der Waals surface area contributed by atoms with E-state index < -0.39 is 0 Å². The molecule has 1 atom stereocenters. The van der Waals surface area contributed by atoms with E-state index in [-0.39, 0.29) is 5.91 Å². The molecule has 1 amide bonds. The molecule has 1 aromatic carbocycles. The van der Waals surface area contributed by atoms with Crippen LogP contribution in [0.2, 0.25) is 0 Å². The Kier molecular flexibility index (Phi) is 4.78. The van der Waals surface area contributed by atoms with Crippen LogP contribution in [0.1, 0.15) is 33.0 Å². The molecule has 0 saturated heterocycles. The van der Waals surface area contributed by atoms with Crippen LogP contribution >= 0.6 is 0 Å². The summed E-state index contributed by atoms with van der Waals surface area (Å²) in [6.07, 6.45) is 0.989. The summed E-state index contributed by atoms with van der Waals surface area (Å²) < 4.78 is 1.86. The summed E-state index contributed by atoms with van der Waals surface area (Å²) in [5.41, 5.74) is 2.02. The number of anilines is 2. The molecule has 2 heterocycles. The van der Waals surface area contributed by atoms with Crippen LogP contribution in [0.25, 0.3) is 0 Å². The standard InChI is InChI=1S/C17H24N6O/c1-4-9-23-17(18-19-20-23)12-21-10-13(2)11-22(14(3)24)16-8-6-5-7-15(16)21/h5-8,13H,4,9-12H2,1-3H3/t13-/m0/s1. The molecule has 2 aromatic rings. The fraction of sp³-hybridized carbons (Fsp3) is 0.529. The molecule has 0 aliphatic carbocycles. The van der Waals surface area contributed by atoms with Gasteiger partial charge in [-0.2, -0.15) is 0 Å². The highest BCUT2D eigenvalue weighted by molar-refractivity contribution is 5.95. The number of nitrogens with zero attached hydrogens (tertiary/aromatic N) is 6. The molecule has 1 aliphatic rings. The molecular formula is C17H24N6O. The quantitative estimate of drug-likeness (QED) is 0.860. The van der Waals surface area contributed by atoms with E-state index in [2.05, 4.69) is 40.3 Å². The lowest BCUT2D eigenvalue weighted by molar-refractivity contribution is -0.116. The van der Waals surface area contributed by atoms with Gasteiger partial charge in [-0.15, -0.1) is 5.10 Å². The first-order valence-corrected chi connectivity index (χ1v) is 8.47. The predicted octanol–water partition coefficient (Wildman–Crippen LogP) is 2.09. The number of hydrogen-bond acceptors (Lipinski definition) is 5. The fourth-order valence-corrected chi connectivity index (χ4v) is 3.24. The third-order valence-corrected chi connectivity index (χ3v) is 4.29. The Hall–Kier alpha value is -2.44. The van der Waals surface area contributed by atoms with Crippen LogP contribution in [0.4, 0.5) is 11.4 Å². The van der Waals surface area contributed by atoms with Gasteiger partial charge in [-0.05, 0) is 34.9 Å². The third-order valence-electron chi connectivity index (χ3n) is 4.29. The van der Waals surface area contributed by atoms with Crippen molar-refractivity contribution in [3.05, 3.63) is 30.1 Å². The van der Waals surface area contributed by atoms with Gasteiger partial charge in [-0.3, -0.25) is 4.79 Å². The topological polar surface area (TPSA) is 67.2 Å². The van der Waals surface area contributed by atoms with Gasteiger partial charge in [0.25, 0.3) is 0 Å². The number of aryl methyl sites for hydroxylation is 1. The summed E-state index contributed by atoms with van der Waals surface area (Å²) in [6.45, 7) is 8.94. The van der Waals surface area contributed by atoms with Crippen LogP contribution in [0.15, 0.2) is 24.3 Å². The number of carbonyl (C=O) groups excluding carboxylic acids is 1. The summed E-state index contributed by atoms with van der Waals surface area (Å²) in [5.74, 6) is 1.29. The second-order valence-corrected chi connectivity index (χ2v) is 6.42. The minimum Gasteiger partial charge on any atom is -0.362 e. The zero-order valence-corrected chi connectivity index (χ0v) is 14.5. The van der Waals surface area contributed by atoms with Crippen LogP contribution in [0, 0.1) is 5.92 Å². The molecular weight excluding hydrogens is 304 g/mol. The Labute approximate surface area is 142 Å². The molecule has 0 fully saturated rings. The summed E-state index contributed by atoms with van der Waals surface area (Å²) in [5, 5.41) is 12.1. The minimum atomic E-state index is 0.0759. The lowest BCUT2D eigenvalue weighted by Gasteiger charge is -2.26. The van der Waals surface area contributed by atoms with Crippen molar-refractivity contribution in [2.45, 2.75) is 40.3 Å². The van der Waals surface area contributed by atoms with Crippen LogP contribution in [-0.4, -0.2) is 39.2 Å². The van der Waals surface area contributed by atoms with E-state index in [1.54, 1.807) is 6.92 Å². The van der Waals surface area contributed by atoms with E-state index in [0.717, 1.165) is 43.3 Å². The summed E-state index contributed by atoms with van der Waals surface area (Å²) in [6, 6.07) is 8.06. The lowest BCUT2D eigenvalue weighted by Crippen LogP contribution is -2.33. The molecule has 7 nitrogen and oxygen atoms in total. The van der Waals surface area contributed by atoms with Crippen molar-refractivity contribution < 1.29 is 4.79 Å². The molecule has 0 saturated carbocycles. The van der Waals surface area contributed by atoms with E-state index in [1.807, 2.05) is 27.8 Å². The maximum absolute atomic E-state index is 12.1. The third kappa shape index (κ3) is 3.25. The van der Waals surface area contributed by atoms with Crippen molar-refractivity contribution in [2.75, 3.05) is 22.9 Å². The SMILES string of the molecule is CCCn1nnnc1CN1C[C@H](C)CN(C(C)=O)c2ccccc21. The molecule has 1 aromatic heterocycles. The van der Waals surface area contributed by atoms with Crippen molar-refractivity contribution in [3.8, 4) is 0 Å². The van der Waals surface area contributed by atoms with Gasteiger partial charge in [-0.25, -0.2) is 4.68 Å². The van der Waals surface area contributed by atoms with Gasteiger partial charge in [-0.1, -0.05) is 26.0 Å². The van der Waals surface area contributed by atoms with Crippen LogP contribution < -0.4 is 9.80 Å². The average Bonchev–Trinajstić information content (AvgIpc) is 2.93. The zero-order valence-electron chi connectivity index (χ0n) is 14.5. The molecule has 0 radical (unpaired) electrons. The van der Waals surface area contributed by atoms with Crippen LogP contribution in [-0.2, 0) is 17.9 Å². The highest BCUT2D eigenvalue weighted by Gasteiger charge is 2.27. The number of amides is 1. The van der Waals surface area contributed by atoms with Crippen molar-refractivity contribution in [1.82, 2.24) is 20.2 Å². The Morgan fingerprint density at radius 3 is 2.71 bits per heavy atom. The maximum atomic E-state index is 12.1. The van der Waals surface area contributed by atoms with Crippen molar-refractivity contribution in [2.24, 2.45) is 5.92 Å². The van der Waals surface area contributed by atoms with Crippen LogP contribution in [0.3, 0.4) is 0 Å². The number of benzene rings is 1. The van der Waals surface area contributed by atoms with Gasteiger partial charge in [0, 0.05) is 26.6 Å². The highest BCUT2D eigenvalue weighted by atomic mass is 16.2. The van der Waals surface area contributed by atoms with E-state index in [1.165, 1.54) is 0 Å². The first-order chi connectivity index (χ1) is 11.6.